The van der Waals surface area contributed by atoms with Gasteiger partial charge in [0.25, 0.3) is 0 Å². The molecular weight excluding hydrogens is 495 g/mol. The van der Waals surface area contributed by atoms with E-state index in [1.807, 2.05) is 12.1 Å². The van der Waals surface area contributed by atoms with Gasteiger partial charge in [0, 0.05) is 54.1 Å². The summed E-state index contributed by atoms with van der Waals surface area (Å²) in [5, 5.41) is 8.27. The molecule has 2 atom stereocenters. The largest absolute Gasteiger partial charge is 0.420 e. The number of thiophene rings is 1. The van der Waals surface area contributed by atoms with Gasteiger partial charge in [0.15, 0.2) is 0 Å². The van der Waals surface area contributed by atoms with Crippen molar-refractivity contribution in [1.82, 2.24) is 15.3 Å². The summed E-state index contributed by atoms with van der Waals surface area (Å²) in [5.41, 5.74) is 0.212. The molecule has 6 nitrogen and oxygen atoms in total. The molecule has 33 heavy (non-hydrogen) atoms. The monoisotopic (exact) mass is 515 g/mol. The smallest absolute Gasteiger partial charge is 0.369 e. The molecule has 0 bridgehead atoms. The Balaban J connectivity index is 1.63. The van der Waals surface area contributed by atoms with Crippen LogP contribution in [0.3, 0.4) is 0 Å². The molecule has 1 aliphatic rings. The van der Waals surface area contributed by atoms with Crippen molar-refractivity contribution in [3.63, 3.8) is 0 Å². The molecule has 176 valence electrons. The van der Waals surface area contributed by atoms with Crippen LogP contribution < -0.4 is 15.5 Å². The van der Waals surface area contributed by atoms with Gasteiger partial charge in [0.2, 0.25) is 5.95 Å². The average Bonchev–Trinajstić information content (AvgIpc) is 3.25. The third kappa shape index (κ3) is 5.48. The second-order valence-electron chi connectivity index (χ2n) is 7.64. The number of alkyl halides is 3. The fraction of sp³-hybridized carbons (Fsp3) is 0.333. The predicted octanol–water partition coefficient (Wildman–Crippen LogP) is 5.16. The summed E-state index contributed by atoms with van der Waals surface area (Å²) in [5.74, 6) is -0.0176. The summed E-state index contributed by atoms with van der Waals surface area (Å²) in [6.45, 7) is 4.68. The Labute approximate surface area is 200 Å². The van der Waals surface area contributed by atoms with E-state index in [0.29, 0.717) is 21.6 Å². The van der Waals surface area contributed by atoms with Crippen molar-refractivity contribution in [2.45, 2.75) is 24.0 Å². The number of rotatable bonds is 5. The summed E-state index contributed by atoms with van der Waals surface area (Å²) < 4.78 is 52.5. The van der Waals surface area contributed by atoms with E-state index in [4.69, 9.17) is 11.6 Å². The summed E-state index contributed by atoms with van der Waals surface area (Å²) in [7, 11) is -1.31. The molecule has 3 heterocycles. The fourth-order valence-corrected chi connectivity index (χ4v) is 5.56. The first-order valence-corrected chi connectivity index (χ1v) is 12.8. The van der Waals surface area contributed by atoms with Crippen LogP contribution in [-0.2, 0) is 17.0 Å². The summed E-state index contributed by atoms with van der Waals surface area (Å²) >= 11 is 7.51. The lowest BCUT2D eigenvalue weighted by atomic mass is 10.2. The summed E-state index contributed by atoms with van der Waals surface area (Å²) in [6.07, 6.45) is -2.42. The van der Waals surface area contributed by atoms with E-state index in [1.54, 1.807) is 11.4 Å². The highest BCUT2D eigenvalue weighted by atomic mass is 35.5. The minimum Gasteiger partial charge on any atom is -0.369 e. The van der Waals surface area contributed by atoms with Crippen LogP contribution in [0.15, 0.2) is 40.7 Å². The molecule has 0 saturated carbocycles. The molecule has 0 amide bonds. The maximum absolute atomic E-state index is 13.6. The Kier molecular flexibility index (Phi) is 6.94. The van der Waals surface area contributed by atoms with Crippen molar-refractivity contribution < 1.29 is 17.4 Å². The van der Waals surface area contributed by atoms with Gasteiger partial charge in [-0.3, -0.25) is 4.21 Å². The highest BCUT2D eigenvalue weighted by Crippen LogP contribution is 2.39. The predicted molar refractivity (Wildman–Crippen MR) is 127 cm³/mol. The molecule has 3 aromatic rings. The second kappa shape index (κ2) is 9.57. The van der Waals surface area contributed by atoms with Crippen LogP contribution in [0.4, 0.5) is 30.5 Å². The Bertz CT molecular complexity index is 1190. The number of anilines is 3. The Morgan fingerprint density at radius 3 is 2.76 bits per heavy atom. The number of nitrogens with zero attached hydrogens (tertiary/aromatic N) is 3. The van der Waals surface area contributed by atoms with E-state index in [-0.39, 0.29) is 16.5 Å². The van der Waals surface area contributed by atoms with E-state index in [1.165, 1.54) is 12.3 Å². The lowest BCUT2D eigenvalue weighted by Gasteiger charge is -2.33. The quantitative estimate of drug-likeness (QED) is 0.489. The van der Waals surface area contributed by atoms with E-state index in [9.17, 15) is 17.4 Å². The third-order valence-corrected chi connectivity index (χ3v) is 7.47. The van der Waals surface area contributed by atoms with Crippen molar-refractivity contribution in [1.29, 1.82) is 0 Å². The second-order valence-corrected chi connectivity index (χ2v) is 10.3. The topological polar surface area (TPSA) is 70.2 Å². The molecule has 2 unspecified atom stereocenters. The van der Waals surface area contributed by atoms with Gasteiger partial charge in [-0.2, -0.15) is 13.2 Å². The Morgan fingerprint density at radius 1 is 1.33 bits per heavy atom. The van der Waals surface area contributed by atoms with Crippen molar-refractivity contribution in [3.8, 4) is 10.6 Å². The van der Waals surface area contributed by atoms with Crippen LogP contribution in [0, 0.1) is 0 Å². The van der Waals surface area contributed by atoms with Gasteiger partial charge in [-0.25, -0.2) is 9.97 Å². The molecule has 1 aliphatic heterocycles. The molecule has 1 saturated heterocycles. The van der Waals surface area contributed by atoms with Crippen LogP contribution in [-0.4, -0.2) is 46.1 Å². The number of hydrogen-bond acceptors (Lipinski definition) is 7. The standard InChI is InChI=1S/C21H21ClF3N5OS2/c1-12-10-30(6-5-26-12)13-3-4-17(16(22)7-13)28-20-27-9-15(21(23,24)25)19(29-20)18-8-14(11-32-18)33(2)31/h3-4,7-9,11-12,26H,5-6,10H2,1-2H3,(H,27,28,29). The van der Waals surface area contributed by atoms with E-state index < -0.39 is 22.5 Å². The van der Waals surface area contributed by atoms with Crippen molar-refractivity contribution >= 4 is 51.1 Å². The number of aromatic nitrogens is 2. The SMILES string of the molecule is CC1CN(c2ccc(Nc3ncc(C(F)(F)F)c(-c4cc(S(C)=O)cs4)n3)c(Cl)c2)CCN1. The molecule has 1 aromatic carbocycles. The lowest BCUT2D eigenvalue weighted by molar-refractivity contribution is -0.137. The molecule has 0 aliphatic carbocycles. The van der Waals surface area contributed by atoms with Crippen molar-refractivity contribution in [2.24, 2.45) is 0 Å². The van der Waals surface area contributed by atoms with Gasteiger partial charge in [-0.15, -0.1) is 11.3 Å². The molecule has 1 fully saturated rings. The van der Waals surface area contributed by atoms with Gasteiger partial charge < -0.3 is 15.5 Å². The first-order chi connectivity index (χ1) is 15.6. The zero-order valence-corrected chi connectivity index (χ0v) is 20.1. The minimum absolute atomic E-state index is 0.0176. The molecule has 2 N–H and O–H groups in total. The summed E-state index contributed by atoms with van der Waals surface area (Å²) in [6, 6.07) is 7.29. The lowest BCUT2D eigenvalue weighted by Crippen LogP contribution is -2.49. The minimum atomic E-state index is -4.64. The van der Waals surface area contributed by atoms with Gasteiger partial charge in [-0.05, 0) is 31.2 Å². The first-order valence-electron chi connectivity index (χ1n) is 10.0. The first kappa shape index (κ1) is 23.9. The number of nitrogens with one attached hydrogen (secondary N) is 2. The van der Waals surface area contributed by atoms with Crippen LogP contribution in [0.5, 0.6) is 0 Å². The number of halogens is 4. The zero-order chi connectivity index (χ0) is 23.8. The number of hydrogen-bond donors (Lipinski definition) is 2. The maximum Gasteiger partial charge on any atom is 0.420 e. The average molecular weight is 516 g/mol. The van der Waals surface area contributed by atoms with Crippen LogP contribution in [0.1, 0.15) is 12.5 Å². The van der Waals surface area contributed by atoms with Gasteiger partial charge in [0.1, 0.15) is 5.56 Å². The molecule has 2 aromatic heterocycles. The van der Waals surface area contributed by atoms with Crippen LogP contribution in [0.2, 0.25) is 5.02 Å². The third-order valence-electron chi connectivity index (χ3n) is 5.17. The van der Waals surface area contributed by atoms with Crippen LogP contribution >= 0.6 is 22.9 Å². The molecular formula is C21H21ClF3N5OS2. The normalized spacial score (nSPS) is 17.8. The zero-order valence-electron chi connectivity index (χ0n) is 17.7. The highest BCUT2D eigenvalue weighted by Gasteiger charge is 2.36. The molecule has 0 radical (unpaired) electrons. The molecule has 0 spiro atoms. The fourth-order valence-electron chi connectivity index (χ4n) is 3.52. The van der Waals surface area contributed by atoms with Crippen LogP contribution in [0.25, 0.3) is 10.6 Å². The van der Waals surface area contributed by atoms with Crippen molar-refractivity contribution in [3.05, 3.63) is 46.4 Å². The summed E-state index contributed by atoms with van der Waals surface area (Å²) in [4.78, 5) is 10.9. The molecule has 12 heteroatoms. The van der Waals surface area contributed by atoms with Crippen molar-refractivity contribution in [2.75, 3.05) is 36.1 Å². The Hall–Kier alpha value is -2.21. The van der Waals surface area contributed by atoms with Gasteiger partial charge in [0.05, 0.1) is 32.1 Å². The highest BCUT2D eigenvalue weighted by molar-refractivity contribution is 7.84. The Morgan fingerprint density at radius 2 is 2.12 bits per heavy atom. The van der Waals surface area contributed by atoms with E-state index >= 15 is 0 Å². The maximum atomic E-state index is 13.6. The van der Waals surface area contributed by atoms with Gasteiger partial charge in [-0.1, -0.05) is 11.6 Å². The number of benzene rings is 1. The molecule has 4 rings (SSSR count). The van der Waals surface area contributed by atoms with Gasteiger partial charge >= 0.3 is 6.18 Å². The van der Waals surface area contributed by atoms with E-state index in [2.05, 4.69) is 32.4 Å². The number of piperazine rings is 1. The van der Waals surface area contributed by atoms with E-state index in [0.717, 1.165) is 42.9 Å².